The average molecular weight is 329 g/mol. The number of rotatable bonds is 4. The molecule has 2 rings (SSSR count). The van der Waals surface area contributed by atoms with Gasteiger partial charge in [0, 0.05) is 20.9 Å². The molecule has 0 fully saturated rings. The van der Waals surface area contributed by atoms with Crippen LogP contribution in [-0.2, 0) is 6.54 Å². The minimum atomic E-state index is 0.766. The minimum Gasteiger partial charge on any atom is -0.255 e. The molecule has 0 unspecified atom stereocenters. The molecule has 88 valence electrons. The van der Waals surface area contributed by atoms with Gasteiger partial charge in [-0.05, 0) is 53.9 Å². The van der Waals surface area contributed by atoms with Crippen LogP contribution in [0, 0.1) is 0 Å². The van der Waals surface area contributed by atoms with E-state index in [2.05, 4.69) is 32.8 Å². The van der Waals surface area contributed by atoms with E-state index < -0.39 is 0 Å². The Morgan fingerprint density at radius 2 is 1.65 bits per heavy atom. The van der Waals surface area contributed by atoms with Gasteiger partial charge in [-0.15, -0.1) is 0 Å². The zero-order chi connectivity index (χ0) is 12.1. The SMILES string of the molecule is Clc1ccc(SNCc2ccc(Br)cc2)cc1. The van der Waals surface area contributed by atoms with Gasteiger partial charge in [0.15, 0.2) is 0 Å². The fraction of sp³-hybridized carbons (Fsp3) is 0.0769. The van der Waals surface area contributed by atoms with Crippen LogP contribution in [0.5, 0.6) is 0 Å². The summed E-state index contributed by atoms with van der Waals surface area (Å²) in [6.45, 7) is 0.834. The third kappa shape index (κ3) is 4.36. The summed E-state index contributed by atoms with van der Waals surface area (Å²) >= 11 is 10.8. The molecule has 0 aliphatic heterocycles. The van der Waals surface area contributed by atoms with Gasteiger partial charge >= 0.3 is 0 Å². The predicted molar refractivity (Wildman–Crippen MR) is 78.3 cm³/mol. The van der Waals surface area contributed by atoms with Crippen LogP contribution >= 0.6 is 39.5 Å². The van der Waals surface area contributed by atoms with Crippen LogP contribution in [-0.4, -0.2) is 0 Å². The molecule has 2 aromatic rings. The lowest BCUT2D eigenvalue weighted by atomic mass is 10.2. The fourth-order valence-corrected chi connectivity index (χ4v) is 2.38. The third-order valence-electron chi connectivity index (χ3n) is 2.19. The van der Waals surface area contributed by atoms with Crippen LogP contribution < -0.4 is 4.72 Å². The van der Waals surface area contributed by atoms with Gasteiger partial charge in [0.05, 0.1) is 0 Å². The summed E-state index contributed by atoms with van der Waals surface area (Å²) < 4.78 is 4.42. The summed E-state index contributed by atoms with van der Waals surface area (Å²) in [4.78, 5) is 1.16. The zero-order valence-electron chi connectivity index (χ0n) is 8.99. The van der Waals surface area contributed by atoms with Gasteiger partial charge in [0.2, 0.25) is 0 Å². The van der Waals surface area contributed by atoms with Crippen molar-refractivity contribution in [2.75, 3.05) is 0 Å². The molecule has 4 heteroatoms. The van der Waals surface area contributed by atoms with Crippen LogP contribution in [0.4, 0.5) is 0 Å². The van der Waals surface area contributed by atoms with E-state index in [1.54, 1.807) is 11.9 Å². The van der Waals surface area contributed by atoms with Gasteiger partial charge in [-0.2, -0.15) is 0 Å². The molecule has 0 aliphatic carbocycles. The molecule has 1 nitrogen and oxygen atoms in total. The van der Waals surface area contributed by atoms with E-state index in [4.69, 9.17) is 11.6 Å². The lowest BCUT2D eigenvalue weighted by Gasteiger charge is -2.04. The molecular weight excluding hydrogens is 318 g/mol. The Kier molecular flexibility index (Phi) is 4.92. The van der Waals surface area contributed by atoms with E-state index >= 15 is 0 Å². The van der Waals surface area contributed by atoms with Crippen molar-refractivity contribution in [1.82, 2.24) is 4.72 Å². The Morgan fingerprint density at radius 3 is 2.29 bits per heavy atom. The lowest BCUT2D eigenvalue weighted by Crippen LogP contribution is -2.02. The normalized spacial score (nSPS) is 10.5. The monoisotopic (exact) mass is 327 g/mol. The second kappa shape index (κ2) is 6.45. The smallest absolute Gasteiger partial charge is 0.0406 e. The van der Waals surface area contributed by atoms with Gasteiger partial charge in [-0.25, -0.2) is 0 Å². The molecule has 0 saturated heterocycles. The van der Waals surface area contributed by atoms with E-state index in [0.717, 1.165) is 20.9 Å². The highest BCUT2D eigenvalue weighted by atomic mass is 79.9. The third-order valence-corrected chi connectivity index (χ3v) is 3.77. The molecule has 0 amide bonds. The zero-order valence-corrected chi connectivity index (χ0v) is 12.1. The second-order valence-corrected chi connectivity index (χ2v) is 5.82. The van der Waals surface area contributed by atoms with Crippen molar-refractivity contribution in [3.8, 4) is 0 Å². The average Bonchev–Trinajstić information content (AvgIpc) is 2.34. The molecule has 2 aromatic carbocycles. The number of benzene rings is 2. The Morgan fingerprint density at radius 1 is 1.00 bits per heavy atom. The van der Waals surface area contributed by atoms with Crippen LogP contribution in [0.2, 0.25) is 5.02 Å². The Bertz CT molecular complexity index is 424. The molecule has 0 heterocycles. The van der Waals surface area contributed by atoms with Gasteiger partial charge in [-0.3, -0.25) is 4.72 Å². The summed E-state index contributed by atoms with van der Waals surface area (Å²) in [5.74, 6) is 0. The fourth-order valence-electron chi connectivity index (χ4n) is 1.31. The number of nitrogens with one attached hydrogen (secondary N) is 1. The summed E-state index contributed by atoms with van der Waals surface area (Å²) in [6, 6.07) is 16.1. The summed E-state index contributed by atoms with van der Waals surface area (Å²) in [6.07, 6.45) is 0. The van der Waals surface area contributed by atoms with Crippen molar-refractivity contribution in [1.29, 1.82) is 0 Å². The highest BCUT2D eigenvalue weighted by Gasteiger charge is 1.95. The molecular formula is C13H11BrClNS. The van der Waals surface area contributed by atoms with Gasteiger partial charge in [0.1, 0.15) is 0 Å². The maximum absolute atomic E-state index is 5.82. The van der Waals surface area contributed by atoms with Gasteiger partial charge in [-0.1, -0.05) is 39.7 Å². The molecule has 0 aliphatic rings. The number of hydrogen-bond donors (Lipinski definition) is 1. The van der Waals surface area contributed by atoms with Gasteiger partial charge in [0.25, 0.3) is 0 Å². The van der Waals surface area contributed by atoms with Crippen molar-refractivity contribution in [2.45, 2.75) is 11.4 Å². The molecule has 0 aromatic heterocycles. The molecule has 17 heavy (non-hydrogen) atoms. The van der Waals surface area contributed by atoms with E-state index in [1.807, 2.05) is 36.4 Å². The highest BCUT2D eigenvalue weighted by Crippen LogP contribution is 2.18. The maximum Gasteiger partial charge on any atom is 0.0406 e. The van der Waals surface area contributed by atoms with Crippen LogP contribution in [0.3, 0.4) is 0 Å². The predicted octanol–water partition coefficient (Wildman–Crippen LogP) is 4.90. The largest absolute Gasteiger partial charge is 0.255 e. The lowest BCUT2D eigenvalue weighted by molar-refractivity contribution is 0.974. The molecule has 0 bridgehead atoms. The van der Waals surface area contributed by atoms with Crippen molar-refractivity contribution in [3.05, 3.63) is 63.6 Å². The van der Waals surface area contributed by atoms with Gasteiger partial charge < -0.3 is 0 Å². The minimum absolute atomic E-state index is 0.766. The topological polar surface area (TPSA) is 12.0 Å². The Balaban J connectivity index is 1.83. The van der Waals surface area contributed by atoms with Crippen LogP contribution in [0.15, 0.2) is 57.9 Å². The second-order valence-electron chi connectivity index (χ2n) is 3.50. The first kappa shape index (κ1) is 13.0. The molecule has 0 radical (unpaired) electrons. The van der Waals surface area contributed by atoms with E-state index in [0.29, 0.717) is 0 Å². The first-order valence-corrected chi connectivity index (χ1v) is 7.12. The summed E-state index contributed by atoms with van der Waals surface area (Å²) in [5, 5.41) is 0.766. The van der Waals surface area contributed by atoms with Crippen molar-refractivity contribution < 1.29 is 0 Å². The van der Waals surface area contributed by atoms with Crippen LogP contribution in [0.25, 0.3) is 0 Å². The van der Waals surface area contributed by atoms with E-state index in [9.17, 15) is 0 Å². The quantitative estimate of drug-likeness (QED) is 0.801. The molecule has 1 N–H and O–H groups in total. The Hall–Kier alpha value is -0.480. The van der Waals surface area contributed by atoms with Crippen LogP contribution in [0.1, 0.15) is 5.56 Å². The molecule has 0 spiro atoms. The standard InChI is InChI=1S/C13H11BrClNS/c14-11-3-1-10(2-4-11)9-16-17-13-7-5-12(15)6-8-13/h1-8,16H,9H2. The van der Waals surface area contributed by atoms with Crippen molar-refractivity contribution in [2.24, 2.45) is 0 Å². The first-order valence-electron chi connectivity index (χ1n) is 5.14. The number of hydrogen-bond acceptors (Lipinski definition) is 2. The molecule has 0 saturated carbocycles. The number of halogens is 2. The van der Waals surface area contributed by atoms with Crippen molar-refractivity contribution >= 4 is 39.5 Å². The summed E-state index contributed by atoms with van der Waals surface area (Å²) in [7, 11) is 0. The van der Waals surface area contributed by atoms with E-state index in [1.165, 1.54) is 5.56 Å². The molecule has 0 atom stereocenters. The van der Waals surface area contributed by atoms with E-state index in [-0.39, 0.29) is 0 Å². The summed E-state index contributed by atoms with van der Waals surface area (Å²) in [5.41, 5.74) is 1.26. The highest BCUT2D eigenvalue weighted by molar-refractivity contribution is 9.10. The van der Waals surface area contributed by atoms with Crippen molar-refractivity contribution in [3.63, 3.8) is 0 Å². The Labute approximate surface area is 119 Å². The maximum atomic E-state index is 5.82. The first-order chi connectivity index (χ1) is 8.24.